The molecule has 0 spiro atoms. The summed E-state index contributed by atoms with van der Waals surface area (Å²) in [4.78, 5) is 12.1. The Balaban J connectivity index is 2.03. The molecule has 0 radical (unpaired) electrons. The summed E-state index contributed by atoms with van der Waals surface area (Å²) in [5.41, 5.74) is -1.31. The van der Waals surface area contributed by atoms with Gasteiger partial charge in [0.05, 0.1) is 21.8 Å². The van der Waals surface area contributed by atoms with Crippen molar-refractivity contribution in [2.45, 2.75) is 6.18 Å². The number of rotatable bonds is 3. The minimum absolute atomic E-state index is 0.0560. The van der Waals surface area contributed by atoms with Gasteiger partial charge in [0.1, 0.15) is 5.75 Å². The fourth-order valence-electron chi connectivity index (χ4n) is 2.26. The van der Waals surface area contributed by atoms with Crippen molar-refractivity contribution in [2.24, 2.45) is 0 Å². The summed E-state index contributed by atoms with van der Waals surface area (Å²) in [6.07, 6.45) is -3.24. The van der Waals surface area contributed by atoms with Crippen molar-refractivity contribution >= 4 is 23.2 Å². The highest BCUT2D eigenvalue weighted by Crippen LogP contribution is 2.36. The molecule has 0 aliphatic carbocycles. The lowest BCUT2D eigenvalue weighted by atomic mass is 10.2. The molecular formula is C18H10Cl2F3NO2. The van der Waals surface area contributed by atoms with Gasteiger partial charge in [-0.25, -0.2) is 0 Å². The van der Waals surface area contributed by atoms with Gasteiger partial charge in [-0.2, -0.15) is 13.2 Å². The van der Waals surface area contributed by atoms with Crippen LogP contribution in [-0.4, -0.2) is 4.57 Å². The van der Waals surface area contributed by atoms with Gasteiger partial charge in [0, 0.05) is 11.8 Å². The SMILES string of the molecule is O=c1ccc(Oc2c(Cl)cccc2Cl)cn1-c1cccc(C(F)(F)F)c1. The topological polar surface area (TPSA) is 31.2 Å². The number of halogens is 5. The smallest absolute Gasteiger partial charge is 0.416 e. The number of hydrogen-bond donors (Lipinski definition) is 0. The molecule has 0 aliphatic heterocycles. The molecule has 0 N–H and O–H groups in total. The predicted octanol–water partition coefficient (Wildman–Crippen LogP) is 5.96. The molecule has 3 rings (SSSR count). The van der Waals surface area contributed by atoms with Gasteiger partial charge in [0.25, 0.3) is 5.56 Å². The average Bonchev–Trinajstić information content (AvgIpc) is 2.59. The number of benzene rings is 2. The number of hydrogen-bond acceptors (Lipinski definition) is 2. The largest absolute Gasteiger partial charge is 0.453 e. The Labute approximate surface area is 156 Å². The molecule has 3 aromatic rings. The molecule has 8 heteroatoms. The molecule has 1 heterocycles. The van der Waals surface area contributed by atoms with Crippen molar-refractivity contribution in [3.63, 3.8) is 0 Å². The maximum atomic E-state index is 12.9. The molecule has 2 aromatic carbocycles. The van der Waals surface area contributed by atoms with Crippen LogP contribution in [0.2, 0.25) is 10.0 Å². The lowest BCUT2D eigenvalue weighted by Gasteiger charge is -2.13. The second kappa shape index (κ2) is 7.05. The Morgan fingerprint density at radius 3 is 2.23 bits per heavy atom. The zero-order chi connectivity index (χ0) is 18.9. The van der Waals surface area contributed by atoms with Crippen molar-refractivity contribution in [1.29, 1.82) is 0 Å². The first-order valence-electron chi connectivity index (χ1n) is 7.28. The first-order chi connectivity index (χ1) is 12.3. The number of alkyl halides is 3. The van der Waals surface area contributed by atoms with Crippen LogP contribution < -0.4 is 10.3 Å². The second-order valence-electron chi connectivity index (χ2n) is 5.27. The van der Waals surface area contributed by atoms with Gasteiger partial charge in [0.15, 0.2) is 5.75 Å². The Morgan fingerprint density at radius 1 is 0.923 bits per heavy atom. The molecule has 1 aromatic heterocycles. The first kappa shape index (κ1) is 18.4. The van der Waals surface area contributed by atoms with Gasteiger partial charge in [-0.05, 0) is 36.4 Å². The summed E-state index contributed by atoms with van der Waals surface area (Å²) < 4.78 is 45.4. The van der Waals surface area contributed by atoms with E-state index in [2.05, 4.69) is 0 Å². The first-order valence-corrected chi connectivity index (χ1v) is 8.03. The molecule has 0 fully saturated rings. The zero-order valence-electron chi connectivity index (χ0n) is 12.9. The summed E-state index contributed by atoms with van der Waals surface area (Å²) >= 11 is 12.1. The maximum Gasteiger partial charge on any atom is 0.416 e. The van der Waals surface area contributed by atoms with Crippen molar-refractivity contribution in [3.8, 4) is 17.2 Å². The fraction of sp³-hybridized carbons (Fsp3) is 0.0556. The predicted molar refractivity (Wildman–Crippen MR) is 93.6 cm³/mol. The Hall–Kier alpha value is -2.44. The fourth-order valence-corrected chi connectivity index (χ4v) is 2.73. The number of ether oxygens (including phenoxy) is 1. The third kappa shape index (κ3) is 3.86. The van der Waals surface area contributed by atoms with E-state index in [1.807, 2.05) is 0 Å². The van der Waals surface area contributed by atoms with Gasteiger partial charge in [-0.3, -0.25) is 9.36 Å². The molecule has 26 heavy (non-hydrogen) atoms. The zero-order valence-corrected chi connectivity index (χ0v) is 14.4. The number of nitrogens with zero attached hydrogens (tertiary/aromatic N) is 1. The van der Waals surface area contributed by atoms with E-state index in [1.165, 1.54) is 30.5 Å². The summed E-state index contributed by atoms with van der Waals surface area (Å²) in [7, 11) is 0. The number of pyridine rings is 1. The minimum Gasteiger partial charge on any atom is -0.453 e. The van der Waals surface area contributed by atoms with Crippen LogP contribution in [0.1, 0.15) is 5.56 Å². The third-order valence-corrected chi connectivity index (χ3v) is 4.07. The van der Waals surface area contributed by atoms with Crippen molar-refractivity contribution < 1.29 is 17.9 Å². The van der Waals surface area contributed by atoms with E-state index in [0.29, 0.717) is 0 Å². The molecule has 0 amide bonds. The van der Waals surface area contributed by atoms with E-state index < -0.39 is 17.3 Å². The van der Waals surface area contributed by atoms with Crippen molar-refractivity contribution in [1.82, 2.24) is 4.57 Å². The summed E-state index contributed by atoms with van der Waals surface area (Å²) in [6, 6.07) is 11.8. The standard InChI is InChI=1S/C18H10Cl2F3NO2/c19-14-5-2-6-15(20)17(14)26-13-7-8-16(25)24(10-13)12-4-1-3-11(9-12)18(21,22)23/h1-10H. The van der Waals surface area contributed by atoms with Crippen LogP contribution in [0.15, 0.2) is 65.6 Å². The normalized spacial score (nSPS) is 11.4. The van der Waals surface area contributed by atoms with Crippen LogP contribution in [-0.2, 0) is 6.18 Å². The van der Waals surface area contributed by atoms with E-state index in [-0.39, 0.29) is 27.2 Å². The Kier molecular flexibility index (Phi) is 4.98. The molecule has 0 unspecified atom stereocenters. The van der Waals surface area contributed by atoms with Crippen LogP contribution in [0.25, 0.3) is 5.69 Å². The second-order valence-corrected chi connectivity index (χ2v) is 6.09. The van der Waals surface area contributed by atoms with Gasteiger partial charge >= 0.3 is 6.18 Å². The van der Waals surface area contributed by atoms with Crippen molar-refractivity contribution in [3.05, 3.63) is 86.8 Å². The number of aromatic nitrogens is 1. The van der Waals surface area contributed by atoms with E-state index in [9.17, 15) is 18.0 Å². The van der Waals surface area contributed by atoms with Crippen LogP contribution >= 0.6 is 23.2 Å². The Morgan fingerprint density at radius 2 is 1.58 bits per heavy atom. The van der Waals surface area contributed by atoms with E-state index in [4.69, 9.17) is 27.9 Å². The molecule has 0 saturated carbocycles. The molecule has 0 aliphatic rings. The van der Waals surface area contributed by atoms with Crippen LogP contribution in [0, 0.1) is 0 Å². The molecular weight excluding hydrogens is 390 g/mol. The number of para-hydroxylation sites is 1. The molecule has 134 valence electrons. The monoisotopic (exact) mass is 399 g/mol. The molecule has 3 nitrogen and oxygen atoms in total. The van der Waals surface area contributed by atoms with Crippen LogP contribution in [0.4, 0.5) is 13.2 Å². The van der Waals surface area contributed by atoms with Crippen LogP contribution in [0.3, 0.4) is 0 Å². The maximum absolute atomic E-state index is 12.9. The third-order valence-electron chi connectivity index (χ3n) is 3.47. The lowest BCUT2D eigenvalue weighted by Crippen LogP contribution is -2.17. The minimum atomic E-state index is -4.52. The summed E-state index contributed by atoms with van der Waals surface area (Å²) in [6.45, 7) is 0. The van der Waals surface area contributed by atoms with Gasteiger partial charge < -0.3 is 4.74 Å². The highest BCUT2D eigenvalue weighted by Gasteiger charge is 2.30. The van der Waals surface area contributed by atoms with Gasteiger partial charge in [0.2, 0.25) is 0 Å². The van der Waals surface area contributed by atoms with E-state index >= 15 is 0 Å². The average molecular weight is 400 g/mol. The lowest BCUT2D eigenvalue weighted by molar-refractivity contribution is -0.137. The van der Waals surface area contributed by atoms with E-state index in [1.54, 1.807) is 18.2 Å². The Bertz CT molecular complexity index is 996. The quantitative estimate of drug-likeness (QED) is 0.544. The van der Waals surface area contributed by atoms with Crippen molar-refractivity contribution in [2.75, 3.05) is 0 Å². The van der Waals surface area contributed by atoms with E-state index in [0.717, 1.165) is 16.7 Å². The molecule has 0 atom stereocenters. The summed E-state index contributed by atoms with van der Waals surface area (Å²) in [5, 5.41) is 0.517. The van der Waals surface area contributed by atoms with Gasteiger partial charge in [-0.1, -0.05) is 35.3 Å². The summed E-state index contributed by atoms with van der Waals surface area (Å²) in [5.74, 6) is 0.377. The highest BCUT2D eigenvalue weighted by molar-refractivity contribution is 6.37. The van der Waals surface area contributed by atoms with Crippen LogP contribution in [0.5, 0.6) is 11.5 Å². The van der Waals surface area contributed by atoms with Gasteiger partial charge in [-0.15, -0.1) is 0 Å². The highest BCUT2D eigenvalue weighted by atomic mass is 35.5. The molecule has 0 bridgehead atoms. The molecule has 0 saturated heterocycles.